The van der Waals surface area contributed by atoms with Crippen LogP contribution in [0.25, 0.3) is 0 Å². The Bertz CT molecular complexity index is 1040. The second-order valence-electron chi connectivity index (χ2n) is 9.57. The summed E-state index contributed by atoms with van der Waals surface area (Å²) in [5.74, 6) is -1.83. The van der Waals surface area contributed by atoms with Gasteiger partial charge in [0.15, 0.2) is 6.23 Å². The van der Waals surface area contributed by atoms with Crippen molar-refractivity contribution in [3.8, 4) is 0 Å². The summed E-state index contributed by atoms with van der Waals surface area (Å²) in [7, 11) is 0. The van der Waals surface area contributed by atoms with Gasteiger partial charge in [-0.3, -0.25) is 24.6 Å². The number of rotatable bonds is 10. The molecule has 17 heteroatoms. The molecule has 9 N–H and O–H groups in total. The first-order valence-corrected chi connectivity index (χ1v) is 12.4. The van der Waals surface area contributed by atoms with E-state index >= 15 is 0 Å². The Morgan fingerprint density at radius 1 is 1.08 bits per heavy atom. The Kier molecular flexibility index (Phi) is 9.11. The minimum absolute atomic E-state index is 0.00511. The summed E-state index contributed by atoms with van der Waals surface area (Å²) >= 11 is 0. The highest BCUT2D eigenvalue weighted by atomic mass is 16.6. The average Bonchev–Trinajstić information content (AvgIpc) is 3.58. The molecule has 3 aliphatic rings. The number of carbonyl (C=O) groups excluding carboxylic acids is 4. The Morgan fingerprint density at radius 2 is 1.79 bits per heavy atom. The highest BCUT2D eigenvalue weighted by molar-refractivity contribution is 5.96. The predicted molar refractivity (Wildman–Crippen MR) is 125 cm³/mol. The normalized spacial score (nSPS) is 33.6. The summed E-state index contributed by atoms with van der Waals surface area (Å²) in [5, 5.41) is 57.3. The maximum atomic E-state index is 13.0. The third-order valence-electron chi connectivity index (χ3n) is 6.87. The summed E-state index contributed by atoms with van der Waals surface area (Å²) in [4.78, 5) is 57.0. The van der Waals surface area contributed by atoms with Crippen LogP contribution in [-0.2, 0) is 30.3 Å². The largest absolute Gasteiger partial charge is 0.394 e. The minimum atomic E-state index is -1.50. The Balaban J connectivity index is 1.35. The minimum Gasteiger partial charge on any atom is -0.394 e. The lowest BCUT2D eigenvalue weighted by Gasteiger charge is -2.32. The number of ether oxygens (including phenoxy) is 2. The number of urea groups is 1. The van der Waals surface area contributed by atoms with Crippen molar-refractivity contribution < 1.29 is 54.2 Å². The van der Waals surface area contributed by atoms with Crippen LogP contribution in [-0.4, -0.2) is 139 Å². The van der Waals surface area contributed by atoms with Gasteiger partial charge in [0.2, 0.25) is 17.7 Å². The van der Waals surface area contributed by atoms with Gasteiger partial charge in [0.1, 0.15) is 42.7 Å². The Labute approximate surface area is 221 Å². The molecule has 1 aromatic rings. The maximum Gasteiger partial charge on any atom is 0.326 e. The van der Waals surface area contributed by atoms with Gasteiger partial charge in [-0.05, 0) is 0 Å². The summed E-state index contributed by atoms with van der Waals surface area (Å²) in [6.45, 7) is -0.857. The molecule has 3 aliphatic heterocycles. The van der Waals surface area contributed by atoms with Crippen molar-refractivity contribution in [3.63, 3.8) is 0 Å². The SMILES string of the molecule is O=C1CCN([C@@H]2O[C@H](CNC(=O)[C@H](Cc3cnc[nH]3)NC(=O)C[C@H]3O[C@@H](CO)[C@H](O)[C@H]3O)[C@@H](O)[C@H]2O)C(=O)N1. The van der Waals surface area contributed by atoms with Crippen LogP contribution in [0.15, 0.2) is 12.5 Å². The number of aliphatic hydroxyl groups excluding tert-OH is 5. The van der Waals surface area contributed by atoms with Gasteiger partial charge in [-0.1, -0.05) is 0 Å². The van der Waals surface area contributed by atoms with Crippen LogP contribution in [0.5, 0.6) is 0 Å². The molecule has 9 atom stereocenters. The lowest BCUT2D eigenvalue weighted by atomic mass is 10.0. The van der Waals surface area contributed by atoms with Gasteiger partial charge in [0, 0.05) is 37.8 Å². The number of imide groups is 1. The average molecular weight is 557 g/mol. The number of hydrogen-bond donors (Lipinski definition) is 9. The fourth-order valence-corrected chi connectivity index (χ4v) is 4.71. The summed E-state index contributed by atoms with van der Waals surface area (Å²) in [6, 6.07) is -1.92. The molecule has 0 unspecified atom stereocenters. The van der Waals surface area contributed by atoms with E-state index in [2.05, 4.69) is 25.9 Å². The molecule has 0 radical (unpaired) electrons. The van der Waals surface area contributed by atoms with Crippen molar-refractivity contribution in [2.45, 2.75) is 74.3 Å². The first-order valence-electron chi connectivity index (χ1n) is 12.4. The lowest BCUT2D eigenvalue weighted by Crippen LogP contribution is -2.56. The number of hydrogen-bond acceptors (Lipinski definition) is 12. The van der Waals surface area contributed by atoms with Crippen molar-refractivity contribution in [1.29, 1.82) is 0 Å². The van der Waals surface area contributed by atoms with Crippen LogP contribution in [0.1, 0.15) is 18.5 Å². The molecule has 17 nitrogen and oxygen atoms in total. The first-order chi connectivity index (χ1) is 18.6. The molecule has 3 fully saturated rings. The summed E-state index contributed by atoms with van der Waals surface area (Å²) < 4.78 is 10.9. The molecule has 5 amide bonds. The molecular formula is C22H32N6O11. The smallest absolute Gasteiger partial charge is 0.326 e. The fraction of sp³-hybridized carbons (Fsp3) is 0.682. The monoisotopic (exact) mass is 556 g/mol. The predicted octanol–water partition coefficient (Wildman–Crippen LogP) is -5.19. The fourth-order valence-electron chi connectivity index (χ4n) is 4.71. The Morgan fingerprint density at radius 3 is 2.44 bits per heavy atom. The number of H-pyrrole nitrogens is 1. The van der Waals surface area contributed by atoms with Gasteiger partial charge < -0.3 is 50.6 Å². The zero-order chi connectivity index (χ0) is 28.3. The molecule has 0 saturated carbocycles. The van der Waals surface area contributed by atoms with Gasteiger partial charge in [-0.15, -0.1) is 0 Å². The van der Waals surface area contributed by atoms with E-state index in [0.717, 1.165) is 4.90 Å². The zero-order valence-corrected chi connectivity index (χ0v) is 20.7. The zero-order valence-electron chi connectivity index (χ0n) is 20.7. The number of aliphatic hydroxyl groups is 5. The van der Waals surface area contributed by atoms with Crippen LogP contribution in [0, 0.1) is 0 Å². The number of aromatic nitrogens is 2. The van der Waals surface area contributed by atoms with Gasteiger partial charge in [0.05, 0.1) is 25.5 Å². The second kappa shape index (κ2) is 12.3. The molecule has 0 aliphatic carbocycles. The van der Waals surface area contributed by atoms with Crippen LogP contribution in [0.4, 0.5) is 4.79 Å². The molecule has 216 valence electrons. The standard InChI is InChI=1S/C22H32N6O11/c29-7-13-18(34)16(32)11(38-13)4-15(31)26-10(3-9-5-23-8-25-9)20(36)24-6-12-17(33)19(35)21(39-12)28-2-1-14(30)27-22(28)37/h5,8,10-13,16-19,21,29,32-35H,1-4,6-7H2,(H,23,25)(H,24,36)(H,26,31)(H,27,30,37)/t10-,11+,12+,13-,16-,17+,18-,19+,21+/m0/s1. The van der Waals surface area contributed by atoms with Gasteiger partial charge in [-0.2, -0.15) is 0 Å². The number of amides is 5. The van der Waals surface area contributed by atoms with Crippen LogP contribution in [0.2, 0.25) is 0 Å². The van der Waals surface area contributed by atoms with Crippen LogP contribution < -0.4 is 16.0 Å². The third kappa shape index (κ3) is 6.52. The Hall–Kier alpha value is -3.19. The van der Waals surface area contributed by atoms with E-state index in [-0.39, 0.29) is 25.9 Å². The molecule has 4 rings (SSSR count). The van der Waals surface area contributed by atoms with Crippen LogP contribution in [0.3, 0.4) is 0 Å². The van der Waals surface area contributed by atoms with E-state index < -0.39 is 91.8 Å². The van der Waals surface area contributed by atoms with Gasteiger partial charge >= 0.3 is 6.03 Å². The summed E-state index contributed by atoms with van der Waals surface area (Å²) in [5.41, 5.74) is 0.515. The number of imidazole rings is 1. The quantitative estimate of drug-likeness (QED) is 0.131. The molecule has 39 heavy (non-hydrogen) atoms. The van der Waals surface area contributed by atoms with Crippen molar-refractivity contribution in [3.05, 3.63) is 18.2 Å². The number of aromatic amines is 1. The molecule has 1 aromatic heterocycles. The molecule has 0 bridgehead atoms. The highest BCUT2D eigenvalue weighted by Crippen LogP contribution is 2.26. The van der Waals surface area contributed by atoms with Gasteiger partial charge in [0.25, 0.3) is 0 Å². The highest BCUT2D eigenvalue weighted by Gasteiger charge is 2.48. The molecule has 0 aromatic carbocycles. The second-order valence-corrected chi connectivity index (χ2v) is 9.57. The van der Waals surface area contributed by atoms with Crippen LogP contribution >= 0.6 is 0 Å². The molecule has 3 saturated heterocycles. The molecule has 0 spiro atoms. The van der Waals surface area contributed by atoms with Crippen molar-refractivity contribution >= 4 is 23.8 Å². The third-order valence-corrected chi connectivity index (χ3v) is 6.87. The van der Waals surface area contributed by atoms with Crippen molar-refractivity contribution in [1.82, 2.24) is 30.8 Å². The van der Waals surface area contributed by atoms with Crippen molar-refractivity contribution in [2.75, 3.05) is 19.7 Å². The molecule has 4 heterocycles. The number of nitrogens with zero attached hydrogens (tertiary/aromatic N) is 2. The van der Waals surface area contributed by atoms with E-state index in [1.54, 1.807) is 0 Å². The maximum absolute atomic E-state index is 13.0. The topological polar surface area (TPSA) is 256 Å². The van der Waals surface area contributed by atoms with E-state index in [0.29, 0.717) is 5.69 Å². The number of carbonyl (C=O) groups is 4. The van der Waals surface area contributed by atoms with E-state index in [9.17, 15) is 44.7 Å². The molecular weight excluding hydrogens is 524 g/mol. The van der Waals surface area contributed by atoms with E-state index in [4.69, 9.17) is 9.47 Å². The van der Waals surface area contributed by atoms with E-state index in [1.165, 1.54) is 12.5 Å². The number of nitrogens with one attached hydrogen (secondary N) is 4. The lowest BCUT2D eigenvalue weighted by molar-refractivity contribution is -0.132. The first kappa shape index (κ1) is 28.8. The van der Waals surface area contributed by atoms with Gasteiger partial charge in [-0.25, -0.2) is 9.78 Å². The van der Waals surface area contributed by atoms with E-state index in [1.807, 2.05) is 0 Å². The summed E-state index contributed by atoms with van der Waals surface area (Å²) in [6.07, 6.45) is -7.81. The van der Waals surface area contributed by atoms with Crippen molar-refractivity contribution in [2.24, 2.45) is 0 Å².